The molecule has 1 aliphatic heterocycles. The number of hydrogen-bond acceptors (Lipinski definition) is 4. The number of rotatable bonds is 7. The lowest BCUT2D eigenvalue weighted by Gasteiger charge is -2.17. The highest BCUT2D eigenvalue weighted by molar-refractivity contribution is 7.91. The predicted octanol–water partition coefficient (Wildman–Crippen LogP) is 0.336. The molecule has 0 saturated carbocycles. The Morgan fingerprint density at radius 1 is 1.44 bits per heavy atom. The lowest BCUT2D eigenvalue weighted by atomic mass is 9.99. The number of aliphatic hydroxyl groups is 1. The smallest absolute Gasteiger partial charge is 0.224 e. The molecule has 0 radical (unpaired) electrons. The van der Waals surface area contributed by atoms with E-state index in [1.54, 1.807) is 0 Å². The molecule has 106 valence electrons. The summed E-state index contributed by atoms with van der Waals surface area (Å²) in [5.41, 5.74) is 0. The summed E-state index contributed by atoms with van der Waals surface area (Å²) in [5, 5.41) is 11.7. The maximum atomic E-state index is 11.8. The van der Waals surface area contributed by atoms with Gasteiger partial charge < -0.3 is 10.4 Å². The SMILES string of the molecule is CCCC(CCO)CNC(=O)C1CCS(=O)(=O)C1. The van der Waals surface area contributed by atoms with Gasteiger partial charge >= 0.3 is 0 Å². The van der Waals surface area contributed by atoms with Crippen LogP contribution in [0.5, 0.6) is 0 Å². The molecule has 5 nitrogen and oxygen atoms in total. The second-order valence-electron chi connectivity index (χ2n) is 5.01. The van der Waals surface area contributed by atoms with Crippen LogP contribution in [0.3, 0.4) is 0 Å². The van der Waals surface area contributed by atoms with E-state index in [9.17, 15) is 13.2 Å². The molecule has 1 heterocycles. The third-order valence-corrected chi connectivity index (χ3v) is 5.17. The van der Waals surface area contributed by atoms with E-state index in [0.717, 1.165) is 12.8 Å². The maximum absolute atomic E-state index is 11.8. The number of sulfone groups is 1. The lowest BCUT2D eigenvalue weighted by Crippen LogP contribution is -2.35. The van der Waals surface area contributed by atoms with Crippen molar-refractivity contribution in [1.29, 1.82) is 0 Å². The zero-order chi connectivity index (χ0) is 13.6. The fourth-order valence-electron chi connectivity index (χ4n) is 2.33. The van der Waals surface area contributed by atoms with Crippen LogP contribution in [-0.4, -0.2) is 44.1 Å². The van der Waals surface area contributed by atoms with Gasteiger partial charge in [0, 0.05) is 13.2 Å². The van der Waals surface area contributed by atoms with Crippen LogP contribution in [0.15, 0.2) is 0 Å². The van der Waals surface area contributed by atoms with Gasteiger partial charge in [-0.1, -0.05) is 13.3 Å². The summed E-state index contributed by atoms with van der Waals surface area (Å²) in [4.78, 5) is 11.8. The summed E-state index contributed by atoms with van der Waals surface area (Å²) in [6.45, 7) is 2.72. The van der Waals surface area contributed by atoms with E-state index in [-0.39, 0.29) is 35.9 Å². The van der Waals surface area contributed by atoms with E-state index < -0.39 is 9.84 Å². The van der Waals surface area contributed by atoms with Crippen LogP contribution >= 0.6 is 0 Å². The third kappa shape index (κ3) is 4.94. The minimum atomic E-state index is -3.00. The fourth-order valence-corrected chi connectivity index (χ4v) is 4.07. The van der Waals surface area contributed by atoms with Gasteiger partial charge in [-0.3, -0.25) is 4.79 Å². The Labute approximate surface area is 109 Å². The maximum Gasteiger partial charge on any atom is 0.224 e. The highest BCUT2D eigenvalue weighted by atomic mass is 32.2. The molecule has 0 aromatic rings. The first kappa shape index (κ1) is 15.4. The summed E-state index contributed by atoms with van der Waals surface area (Å²) in [5.74, 6) is -0.152. The molecular weight excluding hydrogens is 254 g/mol. The summed E-state index contributed by atoms with van der Waals surface area (Å²) >= 11 is 0. The monoisotopic (exact) mass is 277 g/mol. The zero-order valence-electron chi connectivity index (χ0n) is 10.9. The highest BCUT2D eigenvalue weighted by Gasteiger charge is 2.32. The summed E-state index contributed by atoms with van der Waals surface area (Å²) in [7, 11) is -3.00. The molecule has 2 atom stereocenters. The molecule has 0 spiro atoms. The summed E-state index contributed by atoms with van der Waals surface area (Å²) in [6, 6.07) is 0. The van der Waals surface area contributed by atoms with Gasteiger partial charge in [0.15, 0.2) is 9.84 Å². The van der Waals surface area contributed by atoms with Gasteiger partial charge in [0.1, 0.15) is 0 Å². The van der Waals surface area contributed by atoms with Crippen LogP contribution in [-0.2, 0) is 14.6 Å². The second kappa shape index (κ2) is 7.09. The van der Waals surface area contributed by atoms with Gasteiger partial charge in [0.2, 0.25) is 5.91 Å². The van der Waals surface area contributed by atoms with Crippen molar-refractivity contribution in [2.75, 3.05) is 24.7 Å². The molecule has 0 aromatic carbocycles. The van der Waals surface area contributed by atoms with Gasteiger partial charge in [-0.15, -0.1) is 0 Å². The fraction of sp³-hybridized carbons (Fsp3) is 0.917. The van der Waals surface area contributed by atoms with Crippen molar-refractivity contribution in [2.24, 2.45) is 11.8 Å². The number of carbonyl (C=O) groups excluding carboxylic acids is 1. The lowest BCUT2D eigenvalue weighted by molar-refractivity contribution is -0.124. The molecule has 6 heteroatoms. The van der Waals surface area contributed by atoms with Gasteiger partial charge in [-0.25, -0.2) is 8.42 Å². The van der Waals surface area contributed by atoms with Crippen LogP contribution < -0.4 is 5.32 Å². The summed E-state index contributed by atoms with van der Waals surface area (Å²) < 4.78 is 22.6. The Morgan fingerprint density at radius 3 is 2.67 bits per heavy atom. The average Bonchev–Trinajstić information content (AvgIpc) is 2.67. The van der Waals surface area contributed by atoms with Crippen LogP contribution in [0.1, 0.15) is 32.6 Å². The Hall–Kier alpha value is -0.620. The highest BCUT2D eigenvalue weighted by Crippen LogP contribution is 2.18. The zero-order valence-corrected chi connectivity index (χ0v) is 11.7. The standard InChI is InChI=1S/C12H23NO4S/c1-2-3-10(4-6-14)8-13-12(15)11-5-7-18(16,17)9-11/h10-11,14H,2-9H2,1H3,(H,13,15). The minimum absolute atomic E-state index is 0.0166. The van der Waals surface area contributed by atoms with E-state index in [2.05, 4.69) is 12.2 Å². The van der Waals surface area contributed by atoms with Crippen LogP contribution in [0.4, 0.5) is 0 Å². The topological polar surface area (TPSA) is 83.5 Å². The number of amides is 1. The number of nitrogens with one attached hydrogen (secondary N) is 1. The van der Waals surface area contributed by atoms with Gasteiger partial charge in [-0.05, 0) is 25.2 Å². The molecule has 0 aromatic heterocycles. The van der Waals surface area contributed by atoms with Crippen molar-refractivity contribution in [2.45, 2.75) is 32.6 Å². The Bertz CT molecular complexity index is 360. The van der Waals surface area contributed by atoms with E-state index in [4.69, 9.17) is 5.11 Å². The molecule has 2 N–H and O–H groups in total. The van der Waals surface area contributed by atoms with Gasteiger partial charge in [0.25, 0.3) is 0 Å². The third-order valence-electron chi connectivity index (χ3n) is 3.40. The van der Waals surface area contributed by atoms with E-state index in [1.165, 1.54) is 0 Å². The molecule has 1 saturated heterocycles. The van der Waals surface area contributed by atoms with Gasteiger partial charge in [-0.2, -0.15) is 0 Å². The molecule has 1 fully saturated rings. The normalized spacial score (nSPS) is 23.8. The van der Waals surface area contributed by atoms with Crippen molar-refractivity contribution in [3.8, 4) is 0 Å². The second-order valence-corrected chi connectivity index (χ2v) is 7.24. The van der Waals surface area contributed by atoms with Crippen LogP contribution in [0.25, 0.3) is 0 Å². The molecule has 18 heavy (non-hydrogen) atoms. The van der Waals surface area contributed by atoms with Gasteiger partial charge in [0.05, 0.1) is 17.4 Å². The first-order valence-corrected chi connectivity index (χ1v) is 8.39. The Balaban J connectivity index is 2.36. The first-order chi connectivity index (χ1) is 8.48. The van der Waals surface area contributed by atoms with Crippen molar-refractivity contribution >= 4 is 15.7 Å². The average molecular weight is 277 g/mol. The quantitative estimate of drug-likeness (QED) is 0.703. The molecular formula is C12H23NO4S. The number of aliphatic hydroxyl groups excluding tert-OH is 1. The van der Waals surface area contributed by atoms with Crippen LogP contribution in [0, 0.1) is 11.8 Å². The molecule has 0 aliphatic carbocycles. The van der Waals surface area contributed by atoms with E-state index in [1.807, 2.05) is 0 Å². The van der Waals surface area contributed by atoms with Crippen molar-refractivity contribution in [1.82, 2.24) is 5.32 Å². The molecule has 1 amide bonds. The number of carbonyl (C=O) groups is 1. The molecule has 0 bridgehead atoms. The predicted molar refractivity (Wildman–Crippen MR) is 69.9 cm³/mol. The minimum Gasteiger partial charge on any atom is -0.396 e. The largest absolute Gasteiger partial charge is 0.396 e. The van der Waals surface area contributed by atoms with E-state index >= 15 is 0 Å². The molecule has 2 unspecified atom stereocenters. The molecule has 1 rings (SSSR count). The van der Waals surface area contributed by atoms with Crippen molar-refractivity contribution in [3.63, 3.8) is 0 Å². The van der Waals surface area contributed by atoms with Crippen LogP contribution in [0.2, 0.25) is 0 Å². The Morgan fingerprint density at radius 2 is 2.17 bits per heavy atom. The van der Waals surface area contributed by atoms with E-state index in [0.29, 0.717) is 19.4 Å². The van der Waals surface area contributed by atoms with Crippen molar-refractivity contribution < 1.29 is 18.3 Å². The Kier molecular flexibility index (Phi) is 6.08. The summed E-state index contributed by atoms with van der Waals surface area (Å²) in [6.07, 6.45) is 3.09. The number of hydrogen-bond donors (Lipinski definition) is 2. The first-order valence-electron chi connectivity index (χ1n) is 6.57. The van der Waals surface area contributed by atoms with Crippen molar-refractivity contribution in [3.05, 3.63) is 0 Å². The molecule has 1 aliphatic rings.